The Kier molecular flexibility index (Phi) is 6.82. The molecule has 2 fully saturated rings. The summed E-state index contributed by atoms with van der Waals surface area (Å²) in [4.78, 5) is 28.8. The van der Waals surface area contributed by atoms with Gasteiger partial charge in [0.15, 0.2) is 0 Å². The van der Waals surface area contributed by atoms with Crippen LogP contribution in [0.15, 0.2) is 48.5 Å². The minimum absolute atomic E-state index is 0.00799. The van der Waals surface area contributed by atoms with E-state index in [1.165, 1.54) is 12.1 Å². The number of ether oxygens (including phenoxy) is 2. The van der Waals surface area contributed by atoms with Crippen molar-refractivity contribution >= 4 is 11.8 Å². The van der Waals surface area contributed by atoms with E-state index in [9.17, 15) is 14.0 Å². The standard InChI is InChI=1S/C24H27FN2O4/c25-21-5-1-4-20(15-21)24(29)27-10-2-3-18(16-27)17-31-22-8-6-19(7-9-22)23(28)26-11-13-30-14-12-26/h1,4-9,15,18H,2-3,10-14,16-17H2/t18-/m1/s1. The molecule has 0 bridgehead atoms. The first kappa shape index (κ1) is 21.3. The smallest absolute Gasteiger partial charge is 0.254 e. The largest absolute Gasteiger partial charge is 0.493 e. The van der Waals surface area contributed by atoms with Gasteiger partial charge in [-0.3, -0.25) is 9.59 Å². The Bertz CT molecular complexity index is 912. The lowest BCUT2D eigenvalue weighted by atomic mass is 9.98. The second-order valence-corrected chi connectivity index (χ2v) is 8.01. The molecule has 2 heterocycles. The molecule has 0 unspecified atom stereocenters. The lowest BCUT2D eigenvalue weighted by Crippen LogP contribution is -2.41. The van der Waals surface area contributed by atoms with E-state index in [0.717, 1.165) is 12.8 Å². The molecule has 2 aromatic rings. The molecular formula is C24H27FN2O4. The molecule has 0 N–H and O–H groups in total. The maximum Gasteiger partial charge on any atom is 0.254 e. The summed E-state index contributed by atoms with van der Waals surface area (Å²) in [6.07, 6.45) is 1.86. The Hall–Kier alpha value is -2.93. The van der Waals surface area contributed by atoms with Gasteiger partial charge >= 0.3 is 0 Å². The van der Waals surface area contributed by atoms with Crippen LogP contribution in [-0.2, 0) is 4.74 Å². The Morgan fingerprint density at radius 3 is 2.45 bits per heavy atom. The van der Waals surface area contributed by atoms with Gasteiger partial charge in [-0.1, -0.05) is 6.07 Å². The van der Waals surface area contributed by atoms with Gasteiger partial charge in [-0.25, -0.2) is 4.39 Å². The highest BCUT2D eigenvalue weighted by Gasteiger charge is 2.25. The summed E-state index contributed by atoms with van der Waals surface area (Å²) in [5.74, 6) is 0.370. The molecule has 2 aromatic carbocycles. The summed E-state index contributed by atoms with van der Waals surface area (Å²) >= 11 is 0. The van der Waals surface area contributed by atoms with Crippen molar-refractivity contribution in [3.8, 4) is 5.75 Å². The maximum atomic E-state index is 13.4. The summed E-state index contributed by atoms with van der Waals surface area (Å²) in [5, 5.41) is 0. The van der Waals surface area contributed by atoms with Crippen molar-refractivity contribution < 1.29 is 23.5 Å². The zero-order valence-electron chi connectivity index (χ0n) is 17.5. The first-order chi connectivity index (χ1) is 15.1. The summed E-state index contributed by atoms with van der Waals surface area (Å²) < 4.78 is 24.7. The molecule has 2 amide bonds. The van der Waals surface area contributed by atoms with Crippen LogP contribution < -0.4 is 4.74 Å². The highest BCUT2D eigenvalue weighted by Crippen LogP contribution is 2.21. The molecule has 31 heavy (non-hydrogen) atoms. The van der Waals surface area contributed by atoms with E-state index in [1.54, 1.807) is 34.1 Å². The van der Waals surface area contributed by atoms with Gasteiger partial charge in [0.1, 0.15) is 11.6 Å². The Morgan fingerprint density at radius 2 is 1.71 bits per heavy atom. The number of rotatable bonds is 5. The Balaban J connectivity index is 1.29. The van der Waals surface area contributed by atoms with Crippen LogP contribution in [0, 0.1) is 11.7 Å². The van der Waals surface area contributed by atoms with Crippen molar-refractivity contribution in [2.45, 2.75) is 12.8 Å². The lowest BCUT2D eigenvalue weighted by Gasteiger charge is -2.32. The number of halogens is 1. The fourth-order valence-corrected chi connectivity index (χ4v) is 4.05. The van der Waals surface area contributed by atoms with E-state index in [4.69, 9.17) is 9.47 Å². The molecule has 2 saturated heterocycles. The average molecular weight is 426 g/mol. The van der Waals surface area contributed by atoms with Gasteiger partial charge in [0, 0.05) is 43.2 Å². The quantitative estimate of drug-likeness (QED) is 0.737. The number of morpholine rings is 1. The fourth-order valence-electron chi connectivity index (χ4n) is 4.05. The number of benzene rings is 2. The Labute approximate surface area is 181 Å². The van der Waals surface area contributed by atoms with E-state index >= 15 is 0 Å². The summed E-state index contributed by atoms with van der Waals surface area (Å²) in [6.45, 7) is 4.13. The van der Waals surface area contributed by atoms with Crippen LogP contribution in [-0.4, -0.2) is 67.6 Å². The van der Waals surface area contributed by atoms with Gasteiger partial charge in [0.05, 0.1) is 19.8 Å². The zero-order chi connectivity index (χ0) is 21.6. The number of nitrogens with zero attached hydrogens (tertiary/aromatic N) is 2. The third-order valence-electron chi connectivity index (χ3n) is 5.76. The molecule has 1 atom stereocenters. The lowest BCUT2D eigenvalue weighted by molar-refractivity contribution is 0.0303. The van der Waals surface area contributed by atoms with Crippen molar-refractivity contribution in [2.24, 2.45) is 5.92 Å². The number of likely N-dealkylation sites (tertiary alicyclic amines) is 1. The van der Waals surface area contributed by atoms with Gasteiger partial charge in [0.2, 0.25) is 0 Å². The van der Waals surface area contributed by atoms with Crippen LogP contribution in [0.5, 0.6) is 5.75 Å². The molecule has 2 aliphatic heterocycles. The molecule has 4 rings (SSSR count). The van der Waals surface area contributed by atoms with Crippen molar-refractivity contribution in [3.63, 3.8) is 0 Å². The van der Waals surface area contributed by atoms with Gasteiger partial charge in [-0.15, -0.1) is 0 Å². The molecular weight excluding hydrogens is 399 g/mol. The minimum atomic E-state index is -0.404. The van der Waals surface area contributed by atoms with Crippen molar-refractivity contribution in [3.05, 3.63) is 65.5 Å². The van der Waals surface area contributed by atoms with Crippen LogP contribution >= 0.6 is 0 Å². The summed E-state index contributed by atoms with van der Waals surface area (Å²) in [7, 11) is 0. The highest BCUT2D eigenvalue weighted by molar-refractivity contribution is 5.94. The number of hydrogen-bond donors (Lipinski definition) is 0. The second kappa shape index (κ2) is 9.92. The number of hydrogen-bond acceptors (Lipinski definition) is 4. The topological polar surface area (TPSA) is 59.1 Å². The van der Waals surface area contributed by atoms with Crippen molar-refractivity contribution in [1.29, 1.82) is 0 Å². The van der Waals surface area contributed by atoms with Crippen LogP contribution in [0.1, 0.15) is 33.6 Å². The van der Waals surface area contributed by atoms with Gasteiger partial charge in [-0.2, -0.15) is 0 Å². The monoisotopic (exact) mass is 426 g/mol. The zero-order valence-corrected chi connectivity index (χ0v) is 17.5. The predicted octanol–water partition coefficient (Wildman–Crippen LogP) is 3.23. The fraction of sp³-hybridized carbons (Fsp3) is 0.417. The van der Waals surface area contributed by atoms with Gasteiger partial charge in [-0.05, 0) is 55.3 Å². The normalized spacial score (nSPS) is 19.2. The van der Waals surface area contributed by atoms with Gasteiger partial charge in [0.25, 0.3) is 11.8 Å². The maximum absolute atomic E-state index is 13.4. The molecule has 0 spiro atoms. The average Bonchev–Trinajstić information content (AvgIpc) is 2.83. The van der Waals surface area contributed by atoms with Crippen LogP contribution in [0.2, 0.25) is 0 Å². The van der Waals surface area contributed by atoms with Crippen molar-refractivity contribution in [1.82, 2.24) is 9.80 Å². The number of carbonyl (C=O) groups is 2. The van der Waals surface area contributed by atoms with E-state index in [1.807, 2.05) is 12.1 Å². The van der Waals surface area contributed by atoms with E-state index in [0.29, 0.717) is 62.9 Å². The molecule has 0 aromatic heterocycles. The molecule has 164 valence electrons. The molecule has 0 radical (unpaired) electrons. The third-order valence-corrected chi connectivity index (χ3v) is 5.76. The second-order valence-electron chi connectivity index (χ2n) is 8.01. The van der Waals surface area contributed by atoms with Crippen LogP contribution in [0.25, 0.3) is 0 Å². The molecule has 0 saturated carbocycles. The minimum Gasteiger partial charge on any atom is -0.493 e. The van der Waals surface area contributed by atoms with Gasteiger partial charge < -0.3 is 19.3 Å². The number of piperidine rings is 1. The summed E-state index contributed by atoms with van der Waals surface area (Å²) in [5.41, 5.74) is 1.01. The summed E-state index contributed by atoms with van der Waals surface area (Å²) in [6, 6.07) is 13.0. The molecule has 6 nitrogen and oxygen atoms in total. The molecule has 7 heteroatoms. The Morgan fingerprint density at radius 1 is 0.968 bits per heavy atom. The van der Waals surface area contributed by atoms with E-state index in [-0.39, 0.29) is 17.7 Å². The highest BCUT2D eigenvalue weighted by atomic mass is 19.1. The first-order valence-corrected chi connectivity index (χ1v) is 10.7. The molecule has 0 aliphatic carbocycles. The third kappa shape index (κ3) is 5.41. The van der Waals surface area contributed by atoms with Crippen LogP contribution in [0.4, 0.5) is 4.39 Å². The predicted molar refractivity (Wildman–Crippen MR) is 114 cm³/mol. The SMILES string of the molecule is O=C(c1ccc(OC[C@@H]2CCCN(C(=O)c3cccc(F)c3)C2)cc1)N1CCOCC1. The van der Waals surface area contributed by atoms with Crippen LogP contribution in [0.3, 0.4) is 0 Å². The molecule has 2 aliphatic rings. The van der Waals surface area contributed by atoms with Crippen molar-refractivity contribution in [2.75, 3.05) is 46.0 Å². The first-order valence-electron chi connectivity index (χ1n) is 10.7. The van der Waals surface area contributed by atoms with E-state index < -0.39 is 5.82 Å². The van der Waals surface area contributed by atoms with E-state index in [2.05, 4.69) is 0 Å². The number of carbonyl (C=O) groups excluding carboxylic acids is 2. The number of amides is 2.